The Bertz CT molecular complexity index is 1730. The largest absolute Gasteiger partial charge is 0.376 e. The average Bonchev–Trinajstić information content (AvgIpc) is 3.75. The molecule has 2 aliphatic heterocycles. The molecule has 2 unspecified atom stereocenters. The first-order valence-electron chi connectivity index (χ1n) is 15.7. The van der Waals surface area contributed by atoms with E-state index in [0.717, 1.165) is 67.7 Å². The predicted octanol–water partition coefficient (Wildman–Crippen LogP) is 4.81. The number of nitrogens with zero attached hydrogens (tertiary/aromatic N) is 6. The standard InChI is InChI=1S/C35H39N7O2/c1-24-15-16-25(2)31-29(24)22-30(35(43)36-31)33(34-37-38-39-42(34)23-28-14-9-21-44-28)41-19-17-40(18-20-41)32(26-10-5-3-6-11-26)27-12-7-4-8-13-27/h3-8,10-13,15-16,22,28,32-33H,9,14,17-21,23H2,1-2H3,(H,36,43). The molecule has 226 valence electrons. The third kappa shape index (κ3) is 5.58. The van der Waals surface area contributed by atoms with Crippen LogP contribution in [-0.4, -0.2) is 73.9 Å². The quantitative estimate of drug-likeness (QED) is 0.278. The summed E-state index contributed by atoms with van der Waals surface area (Å²) in [6.45, 7) is 8.66. The number of ether oxygens (including phenoxy) is 1. The monoisotopic (exact) mass is 589 g/mol. The first kappa shape index (κ1) is 28.6. The Kier molecular flexibility index (Phi) is 8.08. The Morgan fingerprint density at radius 2 is 1.50 bits per heavy atom. The first-order valence-corrected chi connectivity index (χ1v) is 15.7. The highest BCUT2D eigenvalue weighted by Crippen LogP contribution is 2.33. The van der Waals surface area contributed by atoms with Crippen molar-refractivity contribution in [2.24, 2.45) is 0 Å². The van der Waals surface area contributed by atoms with Gasteiger partial charge in [-0.15, -0.1) is 5.10 Å². The molecule has 2 atom stereocenters. The molecule has 0 aliphatic carbocycles. The summed E-state index contributed by atoms with van der Waals surface area (Å²) in [6, 6.07) is 27.4. The van der Waals surface area contributed by atoms with Crippen LogP contribution >= 0.6 is 0 Å². The van der Waals surface area contributed by atoms with Crippen LogP contribution in [0.15, 0.2) is 83.7 Å². The minimum Gasteiger partial charge on any atom is -0.376 e. The van der Waals surface area contributed by atoms with Crippen molar-refractivity contribution in [1.82, 2.24) is 35.0 Å². The molecule has 9 heteroatoms. The zero-order chi connectivity index (χ0) is 30.0. The molecule has 0 spiro atoms. The molecule has 4 heterocycles. The number of H-pyrrole nitrogens is 1. The van der Waals surface area contributed by atoms with Crippen LogP contribution in [0.4, 0.5) is 0 Å². The molecule has 5 aromatic rings. The summed E-state index contributed by atoms with van der Waals surface area (Å²) in [5.74, 6) is 0.687. The molecule has 2 saturated heterocycles. The number of fused-ring (bicyclic) bond motifs is 1. The molecule has 44 heavy (non-hydrogen) atoms. The molecular weight excluding hydrogens is 550 g/mol. The summed E-state index contributed by atoms with van der Waals surface area (Å²) in [7, 11) is 0. The summed E-state index contributed by atoms with van der Waals surface area (Å²) >= 11 is 0. The number of aromatic amines is 1. The van der Waals surface area contributed by atoms with E-state index in [1.165, 1.54) is 11.1 Å². The highest BCUT2D eigenvalue weighted by Gasteiger charge is 2.35. The van der Waals surface area contributed by atoms with Crippen LogP contribution in [-0.2, 0) is 11.3 Å². The summed E-state index contributed by atoms with van der Waals surface area (Å²) in [5, 5.41) is 14.1. The summed E-state index contributed by atoms with van der Waals surface area (Å²) in [6.07, 6.45) is 2.10. The van der Waals surface area contributed by atoms with Gasteiger partial charge in [0.25, 0.3) is 5.56 Å². The van der Waals surface area contributed by atoms with Crippen LogP contribution in [0.25, 0.3) is 10.9 Å². The number of hydrogen-bond donors (Lipinski definition) is 1. The summed E-state index contributed by atoms with van der Waals surface area (Å²) < 4.78 is 7.80. The van der Waals surface area contributed by atoms with Gasteiger partial charge in [-0.25, -0.2) is 4.68 Å². The fourth-order valence-electron chi connectivity index (χ4n) is 6.95. The van der Waals surface area contributed by atoms with Crippen LogP contribution in [0.3, 0.4) is 0 Å². The van der Waals surface area contributed by atoms with E-state index in [-0.39, 0.29) is 17.7 Å². The van der Waals surface area contributed by atoms with Crippen molar-refractivity contribution in [3.63, 3.8) is 0 Å². The number of aromatic nitrogens is 5. The van der Waals surface area contributed by atoms with E-state index in [9.17, 15) is 4.79 Å². The van der Waals surface area contributed by atoms with Crippen molar-refractivity contribution in [2.45, 2.75) is 51.4 Å². The van der Waals surface area contributed by atoms with Crippen LogP contribution in [0.5, 0.6) is 0 Å². The molecule has 0 amide bonds. The first-order chi connectivity index (χ1) is 21.6. The molecule has 2 fully saturated rings. The Morgan fingerprint density at radius 3 is 2.14 bits per heavy atom. The van der Waals surface area contributed by atoms with E-state index in [2.05, 4.69) is 116 Å². The van der Waals surface area contributed by atoms with E-state index in [4.69, 9.17) is 4.74 Å². The van der Waals surface area contributed by atoms with Gasteiger partial charge in [0.2, 0.25) is 0 Å². The zero-order valence-electron chi connectivity index (χ0n) is 25.4. The summed E-state index contributed by atoms with van der Waals surface area (Å²) in [5.41, 5.74) is 6.19. The van der Waals surface area contributed by atoms with Gasteiger partial charge in [0.1, 0.15) is 6.04 Å². The molecule has 2 aliphatic rings. The van der Waals surface area contributed by atoms with Crippen LogP contribution in [0.2, 0.25) is 0 Å². The van der Waals surface area contributed by atoms with Gasteiger partial charge in [0, 0.05) is 43.7 Å². The van der Waals surface area contributed by atoms with Crippen molar-refractivity contribution in [3.8, 4) is 0 Å². The lowest BCUT2D eigenvalue weighted by Crippen LogP contribution is -2.50. The molecule has 0 bridgehead atoms. The van der Waals surface area contributed by atoms with Gasteiger partial charge in [-0.1, -0.05) is 72.8 Å². The lowest BCUT2D eigenvalue weighted by Gasteiger charge is -2.42. The number of benzene rings is 3. The molecule has 1 N–H and O–H groups in total. The second-order valence-electron chi connectivity index (χ2n) is 12.1. The Hall–Kier alpha value is -4.18. The molecule has 9 nitrogen and oxygen atoms in total. The fraction of sp³-hybridized carbons (Fsp3) is 0.371. The SMILES string of the molecule is Cc1ccc(C)c2[nH]c(=O)c(C(c3nnnn3CC3CCCO3)N3CCN(C(c4ccccc4)c4ccccc4)CC3)cc12. The number of rotatable bonds is 8. The molecule has 2 aromatic heterocycles. The van der Waals surface area contributed by atoms with Crippen molar-refractivity contribution < 1.29 is 4.74 Å². The van der Waals surface area contributed by atoms with Gasteiger partial charge in [-0.2, -0.15) is 0 Å². The van der Waals surface area contributed by atoms with Crippen LogP contribution < -0.4 is 5.56 Å². The maximum absolute atomic E-state index is 13.9. The minimum atomic E-state index is -0.395. The van der Waals surface area contributed by atoms with Gasteiger partial charge in [-0.3, -0.25) is 14.6 Å². The van der Waals surface area contributed by atoms with Crippen LogP contribution in [0, 0.1) is 13.8 Å². The van der Waals surface area contributed by atoms with Crippen molar-refractivity contribution in [3.05, 3.63) is 123 Å². The van der Waals surface area contributed by atoms with Gasteiger partial charge < -0.3 is 9.72 Å². The van der Waals surface area contributed by atoms with E-state index in [0.29, 0.717) is 17.9 Å². The Morgan fingerprint density at radius 1 is 0.864 bits per heavy atom. The van der Waals surface area contributed by atoms with Crippen LogP contribution in [0.1, 0.15) is 58.6 Å². The second kappa shape index (κ2) is 12.4. The fourth-order valence-corrected chi connectivity index (χ4v) is 6.95. The third-order valence-corrected chi connectivity index (χ3v) is 9.28. The number of hydrogen-bond acceptors (Lipinski definition) is 7. The third-order valence-electron chi connectivity index (χ3n) is 9.28. The lowest BCUT2D eigenvalue weighted by molar-refractivity contribution is 0.0778. The Balaban J connectivity index is 1.25. The summed E-state index contributed by atoms with van der Waals surface area (Å²) in [4.78, 5) is 22.0. The number of pyridine rings is 1. The molecular formula is C35H39N7O2. The normalized spacial score (nSPS) is 18.8. The van der Waals surface area contributed by atoms with E-state index in [1.54, 1.807) is 0 Å². The van der Waals surface area contributed by atoms with Gasteiger partial charge >= 0.3 is 0 Å². The van der Waals surface area contributed by atoms with E-state index < -0.39 is 6.04 Å². The maximum Gasteiger partial charge on any atom is 0.253 e. The molecule has 7 rings (SSSR count). The highest BCUT2D eigenvalue weighted by molar-refractivity contribution is 5.85. The van der Waals surface area contributed by atoms with Crippen molar-refractivity contribution >= 4 is 10.9 Å². The smallest absolute Gasteiger partial charge is 0.253 e. The van der Waals surface area contributed by atoms with Gasteiger partial charge in [0.15, 0.2) is 5.82 Å². The van der Waals surface area contributed by atoms with E-state index >= 15 is 0 Å². The lowest BCUT2D eigenvalue weighted by atomic mass is 9.95. The van der Waals surface area contributed by atoms with Gasteiger partial charge in [0.05, 0.1) is 24.2 Å². The minimum absolute atomic E-state index is 0.0760. The van der Waals surface area contributed by atoms with E-state index in [1.807, 2.05) is 11.6 Å². The van der Waals surface area contributed by atoms with Gasteiger partial charge in [-0.05, 0) is 65.4 Å². The highest BCUT2D eigenvalue weighted by atomic mass is 16.5. The number of piperazine rings is 1. The molecule has 0 saturated carbocycles. The number of nitrogens with one attached hydrogen (secondary N) is 1. The van der Waals surface area contributed by atoms with Crippen molar-refractivity contribution in [1.29, 1.82) is 0 Å². The maximum atomic E-state index is 13.9. The topological polar surface area (TPSA) is 92.2 Å². The zero-order valence-corrected chi connectivity index (χ0v) is 25.4. The Labute approximate surface area is 257 Å². The number of tetrazole rings is 1. The molecule has 0 radical (unpaired) electrons. The molecule has 3 aromatic carbocycles. The predicted molar refractivity (Wildman–Crippen MR) is 171 cm³/mol. The van der Waals surface area contributed by atoms with Crippen molar-refractivity contribution in [2.75, 3.05) is 32.8 Å². The number of aryl methyl sites for hydroxylation is 2. The second-order valence-corrected chi connectivity index (χ2v) is 12.1. The average molecular weight is 590 g/mol.